The van der Waals surface area contributed by atoms with Crippen molar-refractivity contribution in [2.75, 3.05) is 0 Å². The van der Waals surface area contributed by atoms with Crippen molar-refractivity contribution in [2.24, 2.45) is 0 Å². The van der Waals surface area contributed by atoms with Crippen molar-refractivity contribution in [1.29, 1.82) is 0 Å². The second-order valence-electron chi connectivity index (χ2n) is 15.8. The van der Waals surface area contributed by atoms with E-state index in [0.29, 0.717) is 0 Å². The fourth-order valence-electron chi connectivity index (χ4n) is 8.78. The Morgan fingerprint density at radius 2 is 0.729 bits per heavy atom. The summed E-state index contributed by atoms with van der Waals surface area (Å²) in [6.45, 7) is 0.864. The first-order chi connectivity index (χ1) is 33.1. The van der Waals surface area contributed by atoms with E-state index in [4.69, 9.17) is 0 Å². The zero-order valence-electron chi connectivity index (χ0n) is 34.8. The summed E-state index contributed by atoms with van der Waals surface area (Å²) in [7, 11) is 0. The lowest BCUT2D eigenvalue weighted by Gasteiger charge is -2.44. The predicted octanol–water partition coefficient (Wildman–Crippen LogP) is 11.0. The van der Waals surface area contributed by atoms with Crippen LogP contribution in [-0.4, -0.2) is 11.1 Å². The maximum absolute atomic E-state index is 15.4. The Bertz CT molecular complexity index is 2780. The predicted molar refractivity (Wildman–Crippen MR) is 210 cm³/mol. The highest BCUT2D eigenvalue weighted by molar-refractivity contribution is 7.20. The van der Waals surface area contributed by atoms with Crippen LogP contribution in [0.4, 0.5) is 87.8 Å². The normalized spacial score (nSPS) is 13.1. The topological polar surface area (TPSA) is 16.8 Å². The molecule has 0 aliphatic heterocycles. The second kappa shape index (κ2) is 19.8. The number of rotatable bonds is 8. The summed E-state index contributed by atoms with van der Waals surface area (Å²) >= 11 is 0. The molecule has 1 saturated carbocycles. The van der Waals surface area contributed by atoms with Crippen LogP contribution in [-0.2, 0) is 6.54 Å². The number of hydrogen-bond acceptors (Lipinski definition) is 1. The highest BCUT2D eigenvalue weighted by Gasteiger charge is 2.52. The van der Waals surface area contributed by atoms with E-state index in [-0.39, 0.29) is 0 Å². The van der Waals surface area contributed by atoms with E-state index < -0.39 is 144 Å². The number of halogens is 20. The molecule has 0 atom stereocenters. The Kier molecular flexibility index (Phi) is 14.4. The van der Waals surface area contributed by atoms with Gasteiger partial charge in [-0.05, 0) is 36.5 Å². The van der Waals surface area contributed by atoms with Crippen molar-refractivity contribution in [3.63, 3.8) is 0 Å². The Labute approximate surface area is 381 Å². The molecular weight excluding hydrogens is 983 g/mol. The van der Waals surface area contributed by atoms with Crippen LogP contribution in [0.25, 0.3) is 11.3 Å². The first-order valence-corrected chi connectivity index (χ1v) is 20.3. The molecule has 0 amide bonds. The quantitative estimate of drug-likeness (QED) is 0.0487. The van der Waals surface area contributed by atoms with Crippen molar-refractivity contribution < 1.29 is 92.4 Å². The molecule has 8 rings (SSSR count). The average Bonchev–Trinajstić information content (AvgIpc) is 3.37. The van der Waals surface area contributed by atoms with Gasteiger partial charge in [0, 0.05) is 11.1 Å². The summed E-state index contributed by atoms with van der Waals surface area (Å²) < 4.78 is 296. The summed E-state index contributed by atoms with van der Waals surface area (Å²) in [6, 6.07) is 19.8. The lowest BCUT2D eigenvalue weighted by atomic mass is 9.12. The van der Waals surface area contributed by atoms with Gasteiger partial charge in [-0.25, -0.2) is 87.8 Å². The first kappa shape index (κ1) is 50.9. The zero-order valence-corrected chi connectivity index (χ0v) is 34.8. The largest absolute Gasteiger partial charge is 0.252 e. The molecule has 0 spiro atoms. The van der Waals surface area contributed by atoms with E-state index in [1.54, 1.807) is 0 Å². The molecule has 0 N–H and O–H groups in total. The minimum absolute atomic E-state index is 0.758. The van der Waals surface area contributed by atoms with Crippen molar-refractivity contribution in [3.8, 4) is 11.3 Å². The highest BCUT2D eigenvalue weighted by atomic mass is 19.2. The molecule has 1 aliphatic carbocycles. The van der Waals surface area contributed by atoms with Gasteiger partial charge in [-0.3, -0.25) is 4.98 Å². The molecule has 1 heterocycles. The van der Waals surface area contributed by atoms with Gasteiger partial charge in [0.05, 0.1) is 12.4 Å². The van der Waals surface area contributed by atoms with Crippen LogP contribution in [0, 0.1) is 116 Å². The van der Waals surface area contributed by atoms with Crippen LogP contribution in [0.1, 0.15) is 49.1 Å². The molecule has 1 aromatic heterocycles. The van der Waals surface area contributed by atoms with Gasteiger partial charge >= 0.3 is 0 Å². The van der Waals surface area contributed by atoms with E-state index in [1.807, 2.05) is 12.4 Å². The molecule has 2 nitrogen and oxygen atoms in total. The number of hydrogen-bond donors (Lipinski definition) is 0. The van der Waals surface area contributed by atoms with E-state index >= 15 is 35.1 Å². The van der Waals surface area contributed by atoms with Crippen LogP contribution in [0.5, 0.6) is 0 Å². The summed E-state index contributed by atoms with van der Waals surface area (Å²) in [5, 5.41) is 0. The summed E-state index contributed by atoms with van der Waals surface area (Å²) in [5.74, 6) is -70.6. The van der Waals surface area contributed by atoms with E-state index in [2.05, 4.69) is 70.3 Å². The highest BCUT2D eigenvalue weighted by Crippen LogP contribution is 2.34. The number of aromatic nitrogens is 2. The third-order valence-electron chi connectivity index (χ3n) is 12.0. The molecule has 6 aromatic carbocycles. The van der Waals surface area contributed by atoms with Gasteiger partial charge in [-0.2, -0.15) is 4.57 Å². The molecule has 0 saturated heterocycles. The van der Waals surface area contributed by atoms with Crippen molar-refractivity contribution in [1.82, 2.24) is 4.98 Å². The number of benzene rings is 6. The molecule has 366 valence electrons. The fraction of sp³-hybridized carbons (Fsp3) is 0.149. The smallest absolute Gasteiger partial charge is 0.231 e. The van der Waals surface area contributed by atoms with E-state index in [1.165, 1.54) is 54.5 Å². The molecule has 1 fully saturated rings. The monoisotopic (exact) mass is 1010 g/mol. The molecule has 7 aromatic rings. The van der Waals surface area contributed by atoms with Crippen LogP contribution >= 0.6 is 0 Å². The maximum atomic E-state index is 15.4. The third kappa shape index (κ3) is 8.39. The molecule has 70 heavy (non-hydrogen) atoms. The summed E-state index contributed by atoms with van der Waals surface area (Å²) in [4.78, 5) is 4.35. The first-order valence-electron chi connectivity index (χ1n) is 20.3. The van der Waals surface area contributed by atoms with Gasteiger partial charge in [0.2, 0.25) is 5.69 Å². The molecular formula is C47H25BF20N2. The van der Waals surface area contributed by atoms with E-state index in [0.717, 1.165) is 12.5 Å². The van der Waals surface area contributed by atoms with Gasteiger partial charge in [0.15, 0.2) is 82.5 Å². The summed E-state index contributed by atoms with van der Waals surface area (Å²) in [6.07, 6.45) is 5.55. The van der Waals surface area contributed by atoms with Crippen molar-refractivity contribution >= 4 is 28.0 Å². The fourth-order valence-corrected chi connectivity index (χ4v) is 8.78. The Hall–Kier alpha value is -6.94. The SMILES string of the molecule is Fc1c(F)c(F)c([B-](c2c(F)c(F)c(F)c(F)c2F)(c2c(F)c(F)c(F)c(F)c2F)c2c(F)c(F)c(F)c(F)c2F)c(F)c1F.c1ccc(C[n+]2ccncc2-c2ccc(C3CCCCC3)cc2)cc1. The third-order valence-corrected chi connectivity index (χ3v) is 12.0. The lowest BCUT2D eigenvalue weighted by Crippen LogP contribution is -2.81. The van der Waals surface area contributed by atoms with Gasteiger partial charge in [0.25, 0.3) is 0 Å². The van der Waals surface area contributed by atoms with E-state index in [9.17, 15) is 52.7 Å². The van der Waals surface area contributed by atoms with Crippen LogP contribution in [0.3, 0.4) is 0 Å². The van der Waals surface area contributed by atoms with Gasteiger partial charge in [-0.1, -0.05) is 61.7 Å². The lowest BCUT2D eigenvalue weighted by molar-refractivity contribution is -0.678. The molecule has 23 heteroatoms. The van der Waals surface area contributed by atoms with Crippen LogP contribution in [0.2, 0.25) is 0 Å². The second-order valence-corrected chi connectivity index (χ2v) is 15.8. The van der Waals surface area contributed by atoms with Gasteiger partial charge < -0.3 is 0 Å². The maximum Gasteiger partial charge on any atom is 0.231 e. The minimum Gasteiger partial charge on any atom is -0.252 e. The van der Waals surface area contributed by atoms with Crippen LogP contribution in [0.15, 0.2) is 73.2 Å². The van der Waals surface area contributed by atoms with Crippen LogP contribution < -0.4 is 26.4 Å². The minimum atomic E-state index is -7.22. The van der Waals surface area contributed by atoms with Crippen molar-refractivity contribution in [2.45, 2.75) is 44.6 Å². The molecule has 0 unspecified atom stereocenters. The Morgan fingerprint density at radius 3 is 1.07 bits per heavy atom. The van der Waals surface area contributed by atoms with Gasteiger partial charge in [0.1, 0.15) is 52.7 Å². The standard InChI is InChI=1S/C24BF20.C23H25N2/c26-5-1(6(27)14(35)21(42)13(5)34)25(2-7(28)15(36)22(43)16(37)8(2)29,3-9(30)17(38)23(44)18(39)10(3)31)4-11(32)19(40)24(45)20(41)12(4)33;1-3-7-19(8-4-1)18-25-16-15-24-17-23(25)22-13-11-21(12-14-22)20-9-5-2-6-10-20/h;1,3-4,7-8,11-17,20H,2,5-6,9-10,18H2/q-1;+1. The molecule has 0 radical (unpaired) electrons. The molecule has 0 bridgehead atoms. The Morgan fingerprint density at radius 1 is 0.400 bits per heavy atom. The molecule has 1 aliphatic rings. The summed E-state index contributed by atoms with van der Waals surface area (Å²) in [5.41, 5.74) is -9.12. The Balaban J connectivity index is 0.000000242. The van der Waals surface area contributed by atoms with Crippen molar-refractivity contribution in [3.05, 3.63) is 201 Å². The zero-order chi connectivity index (χ0) is 51.3. The number of nitrogens with zero attached hydrogens (tertiary/aromatic N) is 2. The van der Waals surface area contributed by atoms with Gasteiger partial charge in [-0.15, -0.1) is 21.9 Å². The average molecular weight is 1010 g/mol.